The number of rotatable bonds is 2. The van der Waals surface area contributed by atoms with E-state index in [1.54, 1.807) is 6.92 Å². The molecule has 0 aromatic carbocycles. The maximum atomic E-state index is 11.5. The van der Waals surface area contributed by atoms with Gasteiger partial charge in [-0.2, -0.15) is 0 Å². The van der Waals surface area contributed by atoms with Crippen LogP contribution in [0.3, 0.4) is 0 Å². The molecule has 15 heavy (non-hydrogen) atoms. The quantitative estimate of drug-likeness (QED) is 0.635. The molecule has 0 heterocycles. The normalized spacial score (nSPS) is 18.7. The second-order valence-electron chi connectivity index (χ2n) is 3.58. The van der Waals surface area contributed by atoms with Crippen molar-refractivity contribution in [3.05, 3.63) is 11.3 Å². The SMILES string of the molecule is CNC(=O)NC(C)C1=C(O)CCCC1=O. The Kier molecular flexibility index (Phi) is 3.71. The molecular weight excluding hydrogens is 196 g/mol. The Morgan fingerprint density at radius 2 is 2.13 bits per heavy atom. The molecule has 0 radical (unpaired) electrons. The number of nitrogens with one attached hydrogen (secondary N) is 2. The molecule has 1 aliphatic carbocycles. The van der Waals surface area contributed by atoms with Gasteiger partial charge in [0, 0.05) is 19.9 Å². The van der Waals surface area contributed by atoms with E-state index in [0.717, 1.165) is 0 Å². The Morgan fingerprint density at radius 1 is 1.47 bits per heavy atom. The Labute approximate surface area is 88.5 Å². The Bertz CT molecular complexity index is 310. The number of Topliss-reactive ketones (excluding diaryl/α,β-unsaturated/α-hetero) is 1. The molecule has 0 saturated heterocycles. The van der Waals surface area contributed by atoms with Crippen LogP contribution in [0.4, 0.5) is 4.79 Å². The first-order chi connectivity index (χ1) is 7.06. The molecule has 0 fully saturated rings. The number of hydrogen-bond acceptors (Lipinski definition) is 3. The monoisotopic (exact) mass is 212 g/mol. The maximum Gasteiger partial charge on any atom is 0.315 e. The average molecular weight is 212 g/mol. The molecule has 1 rings (SSSR count). The fraction of sp³-hybridized carbons (Fsp3) is 0.600. The highest BCUT2D eigenvalue weighted by atomic mass is 16.3. The van der Waals surface area contributed by atoms with Gasteiger partial charge in [0.2, 0.25) is 0 Å². The van der Waals surface area contributed by atoms with Crippen molar-refractivity contribution in [2.24, 2.45) is 0 Å². The van der Waals surface area contributed by atoms with Crippen LogP contribution in [0.25, 0.3) is 0 Å². The molecule has 2 amide bonds. The zero-order valence-electron chi connectivity index (χ0n) is 8.96. The topological polar surface area (TPSA) is 78.4 Å². The molecule has 0 aliphatic heterocycles. The van der Waals surface area contributed by atoms with Crippen molar-refractivity contribution in [2.45, 2.75) is 32.2 Å². The van der Waals surface area contributed by atoms with Crippen molar-refractivity contribution in [2.75, 3.05) is 7.05 Å². The second kappa shape index (κ2) is 4.82. The van der Waals surface area contributed by atoms with E-state index in [1.165, 1.54) is 7.05 Å². The summed E-state index contributed by atoms with van der Waals surface area (Å²) < 4.78 is 0. The van der Waals surface area contributed by atoms with Crippen LogP contribution < -0.4 is 10.6 Å². The average Bonchev–Trinajstić information content (AvgIpc) is 2.17. The number of allylic oxidation sites excluding steroid dienone is 1. The van der Waals surface area contributed by atoms with Gasteiger partial charge in [0.05, 0.1) is 11.6 Å². The molecule has 0 aromatic rings. The molecular formula is C10H16N2O3. The third-order valence-corrected chi connectivity index (χ3v) is 2.44. The van der Waals surface area contributed by atoms with E-state index in [9.17, 15) is 14.7 Å². The first kappa shape index (κ1) is 11.6. The number of carbonyl (C=O) groups excluding carboxylic acids is 2. The highest BCUT2D eigenvalue weighted by Gasteiger charge is 2.25. The molecule has 5 heteroatoms. The van der Waals surface area contributed by atoms with Crippen molar-refractivity contribution in [1.29, 1.82) is 0 Å². The summed E-state index contributed by atoms with van der Waals surface area (Å²) in [6.45, 7) is 1.68. The smallest absolute Gasteiger partial charge is 0.315 e. The van der Waals surface area contributed by atoms with Crippen molar-refractivity contribution in [3.8, 4) is 0 Å². The molecule has 1 unspecified atom stereocenters. The van der Waals surface area contributed by atoms with E-state index in [2.05, 4.69) is 10.6 Å². The Hall–Kier alpha value is -1.52. The lowest BCUT2D eigenvalue weighted by atomic mass is 9.92. The zero-order valence-corrected chi connectivity index (χ0v) is 8.96. The van der Waals surface area contributed by atoms with Crippen LogP contribution in [-0.4, -0.2) is 30.0 Å². The summed E-state index contributed by atoms with van der Waals surface area (Å²) in [6, 6.07) is -0.807. The van der Waals surface area contributed by atoms with E-state index in [0.29, 0.717) is 24.8 Å². The number of aliphatic hydroxyl groups excluding tert-OH is 1. The van der Waals surface area contributed by atoms with Gasteiger partial charge in [-0.15, -0.1) is 0 Å². The summed E-state index contributed by atoms with van der Waals surface area (Å²) in [5, 5.41) is 14.6. The lowest BCUT2D eigenvalue weighted by molar-refractivity contribution is -0.116. The molecule has 5 nitrogen and oxygen atoms in total. The number of carbonyl (C=O) groups is 2. The zero-order chi connectivity index (χ0) is 11.4. The van der Waals surface area contributed by atoms with Gasteiger partial charge in [0.15, 0.2) is 5.78 Å². The molecule has 0 saturated carbocycles. The third-order valence-electron chi connectivity index (χ3n) is 2.44. The Balaban J connectivity index is 2.76. The highest BCUT2D eigenvalue weighted by Crippen LogP contribution is 2.22. The lowest BCUT2D eigenvalue weighted by Crippen LogP contribution is -2.42. The van der Waals surface area contributed by atoms with Crippen molar-refractivity contribution in [3.63, 3.8) is 0 Å². The largest absolute Gasteiger partial charge is 0.512 e. The van der Waals surface area contributed by atoms with Crippen LogP contribution in [0.1, 0.15) is 26.2 Å². The molecule has 0 spiro atoms. The van der Waals surface area contributed by atoms with Crippen LogP contribution >= 0.6 is 0 Å². The summed E-state index contributed by atoms with van der Waals surface area (Å²) >= 11 is 0. The molecule has 3 N–H and O–H groups in total. The summed E-state index contributed by atoms with van der Waals surface area (Å²) in [5.74, 6) is 0.0257. The van der Waals surface area contributed by atoms with Gasteiger partial charge in [-0.05, 0) is 13.3 Å². The van der Waals surface area contributed by atoms with Gasteiger partial charge in [-0.25, -0.2) is 4.79 Å². The first-order valence-corrected chi connectivity index (χ1v) is 4.99. The lowest BCUT2D eigenvalue weighted by Gasteiger charge is -2.21. The number of hydrogen-bond donors (Lipinski definition) is 3. The highest BCUT2D eigenvalue weighted by molar-refractivity contribution is 5.98. The van der Waals surface area contributed by atoms with Gasteiger partial charge in [-0.3, -0.25) is 4.79 Å². The van der Waals surface area contributed by atoms with Gasteiger partial charge in [-0.1, -0.05) is 0 Å². The number of urea groups is 1. The van der Waals surface area contributed by atoms with Gasteiger partial charge < -0.3 is 15.7 Å². The summed E-state index contributed by atoms with van der Waals surface area (Å²) in [4.78, 5) is 22.6. The first-order valence-electron chi connectivity index (χ1n) is 4.99. The van der Waals surface area contributed by atoms with Gasteiger partial charge >= 0.3 is 6.03 Å². The summed E-state index contributed by atoms with van der Waals surface area (Å²) in [5.41, 5.74) is 0.338. The van der Waals surface area contributed by atoms with Crippen LogP contribution in [0, 0.1) is 0 Å². The molecule has 1 atom stereocenters. The Morgan fingerprint density at radius 3 is 2.67 bits per heavy atom. The molecule has 84 valence electrons. The predicted molar refractivity (Wildman–Crippen MR) is 55.6 cm³/mol. The van der Waals surface area contributed by atoms with Gasteiger partial charge in [0.1, 0.15) is 5.76 Å². The van der Waals surface area contributed by atoms with E-state index in [-0.39, 0.29) is 17.6 Å². The van der Waals surface area contributed by atoms with Gasteiger partial charge in [0.25, 0.3) is 0 Å². The van der Waals surface area contributed by atoms with Crippen molar-refractivity contribution < 1.29 is 14.7 Å². The van der Waals surface area contributed by atoms with Crippen molar-refractivity contribution in [1.82, 2.24) is 10.6 Å². The number of amides is 2. The van der Waals surface area contributed by atoms with E-state index >= 15 is 0 Å². The minimum atomic E-state index is -0.447. The summed E-state index contributed by atoms with van der Waals surface area (Å²) in [6.07, 6.45) is 1.64. The molecule has 0 bridgehead atoms. The third kappa shape index (κ3) is 2.71. The number of aliphatic hydroxyl groups is 1. The second-order valence-corrected chi connectivity index (χ2v) is 3.58. The fourth-order valence-electron chi connectivity index (χ4n) is 1.68. The standard InChI is InChI=1S/C10H16N2O3/c1-6(12-10(15)11-2)9-7(13)4-3-5-8(9)14/h6,13H,3-5H2,1-2H3,(H2,11,12,15). The summed E-state index contributed by atoms with van der Waals surface area (Å²) in [7, 11) is 1.50. The maximum absolute atomic E-state index is 11.5. The van der Waals surface area contributed by atoms with E-state index in [1.807, 2.05) is 0 Å². The van der Waals surface area contributed by atoms with E-state index in [4.69, 9.17) is 0 Å². The van der Waals surface area contributed by atoms with E-state index < -0.39 is 6.04 Å². The van der Waals surface area contributed by atoms with Crippen LogP contribution in [0.15, 0.2) is 11.3 Å². The van der Waals surface area contributed by atoms with Crippen molar-refractivity contribution >= 4 is 11.8 Å². The van der Waals surface area contributed by atoms with Crippen LogP contribution in [0.2, 0.25) is 0 Å². The minimum absolute atomic E-state index is 0.0809. The van der Waals surface area contributed by atoms with Crippen LogP contribution in [-0.2, 0) is 4.79 Å². The van der Waals surface area contributed by atoms with Crippen LogP contribution in [0.5, 0.6) is 0 Å². The predicted octanol–water partition coefficient (Wildman–Crippen LogP) is 0.869. The minimum Gasteiger partial charge on any atom is -0.512 e. The number of ketones is 1. The fourth-order valence-corrected chi connectivity index (χ4v) is 1.68. The molecule has 1 aliphatic rings. The molecule has 0 aromatic heterocycles.